The summed E-state index contributed by atoms with van der Waals surface area (Å²) in [6, 6.07) is 7.46. The van der Waals surface area contributed by atoms with E-state index in [2.05, 4.69) is 78.0 Å². The van der Waals surface area contributed by atoms with Gasteiger partial charge in [0, 0.05) is 13.0 Å². The lowest BCUT2D eigenvalue weighted by Gasteiger charge is -2.16. The normalized spacial score (nSPS) is 11.8. The zero-order valence-electron chi connectivity index (χ0n) is 43.4. The molecule has 0 aliphatic rings. The molecule has 0 saturated heterocycles. The van der Waals surface area contributed by atoms with E-state index in [4.69, 9.17) is 4.74 Å². The number of unbranched alkanes of at least 4 members (excludes halogenated alkanes) is 21. The van der Waals surface area contributed by atoms with E-state index in [1.165, 1.54) is 261 Å². The predicted molar refractivity (Wildman–Crippen MR) is 281 cm³/mol. The van der Waals surface area contributed by atoms with Crippen LogP contribution in [-0.2, 0) is 24.1 Å². The molecule has 0 N–H and O–H groups in total. The lowest BCUT2D eigenvalue weighted by atomic mass is 9.90. The highest BCUT2D eigenvalue weighted by atomic mass is 16.5. The molecule has 1 aromatic carbocycles. The molecule has 0 atom stereocenters. The Bertz CT molecular complexity index is 1040. The number of hydrogen-bond donors (Lipinski definition) is 0. The van der Waals surface area contributed by atoms with Crippen molar-refractivity contribution in [1.82, 2.24) is 4.90 Å². The maximum atomic E-state index is 6.07. The number of allylic oxidation sites excluding steroid dienone is 2. The fourth-order valence-electron chi connectivity index (χ4n) is 9.89. The van der Waals surface area contributed by atoms with Gasteiger partial charge in [-0.1, -0.05) is 244 Å². The van der Waals surface area contributed by atoms with Crippen LogP contribution in [-0.4, -0.2) is 25.6 Å². The molecule has 1 aromatic rings. The predicted octanol–water partition coefficient (Wildman–Crippen LogP) is 20.1. The molecule has 0 aliphatic heterocycles. The van der Waals surface area contributed by atoms with Crippen LogP contribution in [0.4, 0.5) is 0 Å². The number of aryl methyl sites for hydroxylation is 2. The second-order valence-electron chi connectivity index (χ2n) is 20.6. The van der Waals surface area contributed by atoms with Crippen molar-refractivity contribution in [1.29, 1.82) is 0 Å². The molecule has 2 heteroatoms. The van der Waals surface area contributed by atoms with Crippen molar-refractivity contribution >= 4 is 0 Å². The van der Waals surface area contributed by atoms with Gasteiger partial charge in [0.2, 0.25) is 0 Å². The first-order valence-corrected chi connectivity index (χ1v) is 28.0. The summed E-state index contributed by atoms with van der Waals surface area (Å²) in [7, 11) is 4.38. The first-order chi connectivity index (χ1) is 30.3. The van der Waals surface area contributed by atoms with E-state index in [9.17, 15) is 0 Å². The molecule has 0 amide bonds. The van der Waals surface area contributed by atoms with Gasteiger partial charge in [-0.05, 0) is 113 Å². The van der Waals surface area contributed by atoms with Gasteiger partial charge < -0.3 is 9.64 Å². The summed E-state index contributed by atoms with van der Waals surface area (Å²) in [4.78, 5) is 2.31. The summed E-state index contributed by atoms with van der Waals surface area (Å²) in [5.74, 6) is 2.99. The Morgan fingerprint density at radius 1 is 0.419 bits per heavy atom. The first-order valence-electron chi connectivity index (χ1n) is 28.0. The van der Waals surface area contributed by atoms with Crippen molar-refractivity contribution in [3.05, 3.63) is 59.4 Å². The molecule has 1 rings (SSSR count). The van der Waals surface area contributed by atoms with Crippen LogP contribution in [0.3, 0.4) is 0 Å². The van der Waals surface area contributed by atoms with Crippen LogP contribution in [0.15, 0.2) is 42.7 Å². The van der Waals surface area contributed by atoms with Crippen molar-refractivity contribution in [2.75, 3.05) is 20.7 Å². The van der Waals surface area contributed by atoms with Crippen LogP contribution in [0.25, 0.3) is 0 Å². The zero-order valence-corrected chi connectivity index (χ0v) is 43.4. The highest BCUT2D eigenvalue weighted by Crippen LogP contribution is 2.26. The van der Waals surface area contributed by atoms with E-state index in [-0.39, 0.29) is 0 Å². The van der Waals surface area contributed by atoms with Gasteiger partial charge in [0.15, 0.2) is 0 Å². The third-order valence-corrected chi connectivity index (χ3v) is 13.8. The average molecular weight is 863 g/mol. The molecule has 62 heavy (non-hydrogen) atoms. The average Bonchev–Trinajstić information content (AvgIpc) is 3.25. The molecule has 0 unspecified atom stereocenters. The van der Waals surface area contributed by atoms with Gasteiger partial charge in [-0.25, -0.2) is 0 Å². The van der Waals surface area contributed by atoms with E-state index in [0.717, 1.165) is 43.6 Å². The molecule has 0 bridgehead atoms. The van der Waals surface area contributed by atoms with Crippen LogP contribution >= 0.6 is 0 Å². The fourth-order valence-corrected chi connectivity index (χ4v) is 9.89. The van der Waals surface area contributed by atoms with Crippen molar-refractivity contribution in [3.8, 4) is 0 Å². The highest BCUT2D eigenvalue weighted by molar-refractivity contribution is 5.30. The largest absolute Gasteiger partial charge is 0.499 e. The van der Waals surface area contributed by atoms with Crippen LogP contribution in [0.2, 0.25) is 0 Å². The van der Waals surface area contributed by atoms with Gasteiger partial charge in [-0.15, -0.1) is 0 Å². The smallest absolute Gasteiger partial charge is 0.0888 e. The lowest BCUT2D eigenvalue weighted by Crippen LogP contribution is -2.11. The number of nitrogens with zero attached hydrogens (tertiary/aromatic N) is 1. The molecule has 0 fully saturated rings. The van der Waals surface area contributed by atoms with Gasteiger partial charge in [-0.2, -0.15) is 0 Å². The molecular weight excluding hydrogens is 751 g/mol. The Kier molecular flexibility index (Phi) is 40.9. The number of ether oxygens (including phenoxy) is 1. The molecule has 0 spiro atoms. The minimum atomic E-state index is 0.828. The second kappa shape index (κ2) is 43.4. The van der Waals surface area contributed by atoms with Crippen LogP contribution in [0, 0.1) is 11.8 Å². The van der Waals surface area contributed by atoms with Gasteiger partial charge in [-0.3, -0.25) is 0 Å². The minimum absolute atomic E-state index is 0.828. The molecule has 0 aliphatic carbocycles. The molecule has 0 heterocycles. The molecular formula is C60H111NO. The maximum Gasteiger partial charge on any atom is 0.0888 e. The van der Waals surface area contributed by atoms with Crippen molar-refractivity contribution in [3.63, 3.8) is 0 Å². The van der Waals surface area contributed by atoms with Gasteiger partial charge in [0.25, 0.3) is 0 Å². The highest BCUT2D eigenvalue weighted by Gasteiger charge is 2.10. The third kappa shape index (κ3) is 36.8. The van der Waals surface area contributed by atoms with E-state index >= 15 is 0 Å². The maximum absolute atomic E-state index is 6.07. The Morgan fingerprint density at radius 2 is 0.758 bits per heavy atom. The van der Waals surface area contributed by atoms with Crippen molar-refractivity contribution in [2.45, 2.75) is 291 Å². The minimum Gasteiger partial charge on any atom is -0.499 e. The molecule has 362 valence electrons. The van der Waals surface area contributed by atoms with E-state index in [1.807, 2.05) is 0 Å². The number of hydrogen-bond acceptors (Lipinski definition) is 2. The van der Waals surface area contributed by atoms with E-state index < -0.39 is 0 Å². The third-order valence-electron chi connectivity index (χ3n) is 13.8. The quantitative estimate of drug-likeness (QED) is 0.0368. The number of benzene rings is 1. The van der Waals surface area contributed by atoms with Crippen LogP contribution in [0.1, 0.15) is 288 Å². The number of rotatable bonds is 48. The summed E-state index contributed by atoms with van der Waals surface area (Å²) >= 11 is 0. The first kappa shape index (κ1) is 58.5. The Morgan fingerprint density at radius 3 is 1.18 bits per heavy atom. The second-order valence-corrected chi connectivity index (χ2v) is 20.6. The molecule has 2 nitrogen and oxygen atoms in total. The summed E-state index contributed by atoms with van der Waals surface area (Å²) in [5.41, 5.74) is 6.04. The van der Waals surface area contributed by atoms with Crippen molar-refractivity contribution in [2.24, 2.45) is 11.8 Å². The summed E-state index contributed by atoms with van der Waals surface area (Å²) in [6.45, 7) is 19.9. The van der Waals surface area contributed by atoms with Gasteiger partial charge in [0.05, 0.1) is 12.4 Å². The zero-order chi connectivity index (χ0) is 45.1. The van der Waals surface area contributed by atoms with Crippen molar-refractivity contribution < 1.29 is 4.74 Å². The van der Waals surface area contributed by atoms with E-state index in [0.29, 0.717) is 0 Å². The standard InChI is InChI=1S/C60H111NO/c1-9-13-26-41-56(42-27-14-10-2)45-33-21-17-19-30-38-54(5)39-31-23-24-35-47-58-50-59(52-60(51-58)53-61(7)8)48-36-25-37-49-62-55(6)40-32-20-18-22-34-46-57(43-28-15-11-3)44-29-16-12-4/h50-52,56-57H,5-6,9-49,53H2,1-4,7-8H3. The summed E-state index contributed by atoms with van der Waals surface area (Å²) < 4.78 is 6.07. The Labute approximate surface area is 391 Å². The van der Waals surface area contributed by atoms with E-state index in [1.54, 1.807) is 5.56 Å². The van der Waals surface area contributed by atoms with Gasteiger partial charge in [0.1, 0.15) is 0 Å². The summed E-state index contributed by atoms with van der Waals surface area (Å²) in [5, 5.41) is 0. The fraction of sp³-hybridized carbons (Fsp3) is 0.833. The SMILES string of the molecule is C=C(CCCCCCCC(CCCCC)CCCCC)CCCCCCc1cc(CCCCCOC(=C)CCCCCCCC(CCCCC)CCCCC)cc(CN(C)C)c1. The molecule has 0 saturated carbocycles. The molecule has 0 aromatic heterocycles. The monoisotopic (exact) mass is 862 g/mol. The Balaban J connectivity index is 2.19. The Hall–Kier alpha value is -1.54. The van der Waals surface area contributed by atoms with Crippen LogP contribution in [0.5, 0.6) is 0 Å². The van der Waals surface area contributed by atoms with Crippen LogP contribution < -0.4 is 0 Å². The van der Waals surface area contributed by atoms with Gasteiger partial charge >= 0.3 is 0 Å². The molecule has 0 radical (unpaired) electrons. The topological polar surface area (TPSA) is 12.5 Å². The summed E-state index contributed by atoms with van der Waals surface area (Å²) in [6.07, 6.45) is 54.4. The lowest BCUT2D eigenvalue weighted by molar-refractivity contribution is 0.195.